The van der Waals surface area contributed by atoms with Gasteiger partial charge in [0.15, 0.2) is 11.0 Å². The number of rotatable bonds is 4. The first-order chi connectivity index (χ1) is 14.2. The van der Waals surface area contributed by atoms with Crippen molar-refractivity contribution in [3.8, 4) is 5.75 Å². The van der Waals surface area contributed by atoms with Crippen molar-refractivity contribution in [1.82, 2.24) is 15.1 Å². The summed E-state index contributed by atoms with van der Waals surface area (Å²) in [5.74, 6) is 1.91. The van der Waals surface area contributed by atoms with Crippen LogP contribution in [0, 0.1) is 5.92 Å². The lowest BCUT2D eigenvalue weighted by molar-refractivity contribution is -0.136. The van der Waals surface area contributed by atoms with Gasteiger partial charge in [-0.2, -0.15) is 0 Å². The number of anilines is 2. The molecule has 0 bridgehead atoms. The van der Waals surface area contributed by atoms with Gasteiger partial charge in [0.1, 0.15) is 5.75 Å². The number of carbonyl (C=O) groups is 1. The number of nitrogens with zero attached hydrogens (tertiary/aromatic N) is 5. The van der Waals surface area contributed by atoms with E-state index in [-0.39, 0.29) is 11.8 Å². The molecule has 0 saturated carbocycles. The third-order valence-corrected chi connectivity index (χ3v) is 5.93. The van der Waals surface area contributed by atoms with Crippen LogP contribution in [0.5, 0.6) is 5.75 Å². The molecular weight excluding hydrogens is 390 g/mol. The van der Waals surface area contributed by atoms with Crippen LogP contribution in [0.4, 0.5) is 11.5 Å². The predicted octanol–water partition coefficient (Wildman–Crippen LogP) is 2.70. The molecule has 8 heteroatoms. The number of halogens is 1. The van der Waals surface area contributed by atoms with E-state index in [1.54, 1.807) is 13.2 Å². The number of hydrogen-bond acceptors (Lipinski definition) is 6. The van der Waals surface area contributed by atoms with E-state index in [0.29, 0.717) is 11.7 Å². The van der Waals surface area contributed by atoms with Crippen LogP contribution in [0.1, 0.15) is 12.8 Å². The van der Waals surface area contributed by atoms with Gasteiger partial charge < -0.3 is 19.4 Å². The van der Waals surface area contributed by atoms with Crippen LogP contribution in [0.2, 0.25) is 5.15 Å². The van der Waals surface area contributed by atoms with Gasteiger partial charge >= 0.3 is 0 Å². The van der Waals surface area contributed by atoms with E-state index < -0.39 is 0 Å². The Bertz CT molecular complexity index is 839. The van der Waals surface area contributed by atoms with E-state index in [1.165, 1.54) is 0 Å². The van der Waals surface area contributed by atoms with Crippen molar-refractivity contribution in [2.75, 3.05) is 56.2 Å². The second-order valence-corrected chi connectivity index (χ2v) is 7.87. The average molecular weight is 416 g/mol. The fourth-order valence-electron chi connectivity index (χ4n) is 4.18. The second kappa shape index (κ2) is 8.86. The Morgan fingerprint density at radius 2 is 1.83 bits per heavy atom. The Morgan fingerprint density at radius 1 is 1.03 bits per heavy atom. The van der Waals surface area contributed by atoms with Gasteiger partial charge in [-0.3, -0.25) is 4.79 Å². The molecule has 1 aromatic heterocycles. The van der Waals surface area contributed by atoms with Gasteiger partial charge in [-0.05, 0) is 37.1 Å². The number of piperazine rings is 1. The highest BCUT2D eigenvalue weighted by molar-refractivity contribution is 6.29. The molecule has 2 fully saturated rings. The Balaban J connectivity index is 1.36. The molecule has 4 rings (SSSR count). The molecule has 0 spiro atoms. The van der Waals surface area contributed by atoms with Crippen LogP contribution in [0.3, 0.4) is 0 Å². The predicted molar refractivity (Wildman–Crippen MR) is 114 cm³/mol. The van der Waals surface area contributed by atoms with E-state index in [4.69, 9.17) is 16.3 Å². The van der Waals surface area contributed by atoms with Crippen LogP contribution in [-0.2, 0) is 4.79 Å². The van der Waals surface area contributed by atoms with Crippen molar-refractivity contribution in [2.45, 2.75) is 12.8 Å². The molecule has 1 atom stereocenters. The summed E-state index contributed by atoms with van der Waals surface area (Å²) in [4.78, 5) is 19.6. The summed E-state index contributed by atoms with van der Waals surface area (Å²) in [6, 6.07) is 11.7. The first-order valence-electron chi connectivity index (χ1n) is 10.1. The molecule has 0 aliphatic carbocycles. The minimum absolute atomic E-state index is 0.000889. The second-order valence-electron chi connectivity index (χ2n) is 7.48. The molecular formula is C21H26ClN5O2. The summed E-state index contributed by atoms with van der Waals surface area (Å²) in [6.07, 6.45) is 1.89. The van der Waals surface area contributed by atoms with Crippen LogP contribution in [0.25, 0.3) is 0 Å². The molecule has 0 radical (unpaired) electrons. The smallest absolute Gasteiger partial charge is 0.227 e. The normalized spacial score (nSPS) is 19.9. The lowest BCUT2D eigenvalue weighted by Gasteiger charge is -2.40. The molecule has 1 aromatic carbocycles. The molecule has 2 aliphatic heterocycles. The van der Waals surface area contributed by atoms with Crippen molar-refractivity contribution >= 4 is 29.0 Å². The summed E-state index contributed by atoms with van der Waals surface area (Å²) >= 11 is 5.84. The summed E-state index contributed by atoms with van der Waals surface area (Å²) in [5.41, 5.74) is 1.09. The number of ether oxygens (including phenoxy) is 1. The highest BCUT2D eigenvalue weighted by atomic mass is 35.5. The fraction of sp³-hybridized carbons (Fsp3) is 0.476. The average Bonchev–Trinajstić information content (AvgIpc) is 2.79. The molecule has 1 amide bonds. The quantitative estimate of drug-likeness (QED) is 0.765. The number of amides is 1. The minimum Gasteiger partial charge on any atom is -0.495 e. The fourth-order valence-corrected chi connectivity index (χ4v) is 4.28. The Labute approximate surface area is 176 Å². The zero-order valence-electron chi connectivity index (χ0n) is 16.6. The van der Waals surface area contributed by atoms with Crippen LogP contribution >= 0.6 is 11.6 Å². The highest BCUT2D eigenvalue weighted by Gasteiger charge is 2.32. The summed E-state index contributed by atoms with van der Waals surface area (Å²) < 4.78 is 5.48. The van der Waals surface area contributed by atoms with Crippen molar-refractivity contribution < 1.29 is 9.53 Å². The molecule has 2 saturated heterocycles. The summed E-state index contributed by atoms with van der Waals surface area (Å²) in [6.45, 7) is 4.65. The first-order valence-corrected chi connectivity index (χ1v) is 10.4. The van der Waals surface area contributed by atoms with Crippen molar-refractivity contribution in [1.29, 1.82) is 0 Å². The third-order valence-electron chi connectivity index (χ3n) is 5.73. The molecule has 2 aliphatic rings. The molecule has 154 valence electrons. The number of carbonyl (C=O) groups excluding carboxylic acids is 1. The van der Waals surface area contributed by atoms with Crippen LogP contribution in [0.15, 0.2) is 36.4 Å². The molecule has 29 heavy (non-hydrogen) atoms. The zero-order chi connectivity index (χ0) is 20.2. The maximum absolute atomic E-state index is 13.1. The van der Waals surface area contributed by atoms with Crippen LogP contribution < -0.4 is 14.5 Å². The van der Waals surface area contributed by atoms with Gasteiger partial charge in [-0.15, -0.1) is 10.2 Å². The largest absolute Gasteiger partial charge is 0.495 e. The number of piperidine rings is 1. The van der Waals surface area contributed by atoms with Gasteiger partial charge in [0.25, 0.3) is 0 Å². The number of hydrogen-bond donors (Lipinski definition) is 0. The topological polar surface area (TPSA) is 61.8 Å². The Kier molecular flexibility index (Phi) is 6.04. The van der Waals surface area contributed by atoms with Gasteiger partial charge in [0, 0.05) is 39.3 Å². The van der Waals surface area contributed by atoms with E-state index >= 15 is 0 Å². The van der Waals surface area contributed by atoms with Crippen molar-refractivity contribution in [2.24, 2.45) is 5.92 Å². The van der Waals surface area contributed by atoms with E-state index in [0.717, 1.165) is 62.8 Å². The molecule has 3 heterocycles. The molecule has 0 N–H and O–H groups in total. The number of methoxy groups -OCH3 is 1. The monoisotopic (exact) mass is 415 g/mol. The molecule has 0 unspecified atom stereocenters. The number of para-hydroxylation sites is 2. The third kappa shape index (κ3) is 4.40. The van der Waals surface area contributed by atoms with Gasteiger partial charge in [0.05, 0.1) is 18.7 Å². The lowest BCUT2D eigenvalue weighted by Crippen LogP contribution is -2.52. The van der Waals surface area contributed by atoms with Gasteiger partial charge in [-0.1, -0.05) is 23.7 Å². The standard InChI is InChI=1S/C21H26ClN5O2/c1-29-18-7-3-2-6-17(18)25-11-13-26(14-12-25)21(28)16-5-4-10-27(15-16)20-9-8-19(22)23-24-20/h2-3,6-9,16H,4-5,10-15H2,1H3/t16-/m0/s1. The maximum atomic E-state index is 13.1. The summed E-state index contributed by atoms with van der Waals surface area (Å²) in [7, 11) is 1.69. The molecule has 2 aromatic rings. The zero-order valence-corrected chi connectivity index (χ0v) is 17.4. The van der Waals surface area contributed by atoms with Crippen LogP contribution in [-0.4, -0.2) is 67.4 Å². The number of aromatic nitrogens is 2. The molecule has 7 nitrogen and oxygen atoms in total. The first kappa shape index (κ1) is 19.8. The van der Waals surface area contributed by atoms with E-state index in [2.05, 4.69) is 26.1 Å². The van der Waals surface area contributed by atoms with Gasteiger partial charge in [0.2, 0.25) is 5.91 Å². The number of benzene rings is 1. The van der Waals surface area contributed by atoms with Crippen molar-refractivity contribution in [3.05, 3.63) is 41.6 Å². The maximum Gasteiger partial charge on any atom is 0.227 e. The SMILES string of the molecule is COc1ccccc1N1CCN(C(=O)[C@H]2CCCN(c3ccc(Cl)nn3)C2)CC1. The highest BCUT2D eigenvalue weighted by Crippen LogP contribution is 2.29. The van der Waals surface area contributed by atoms with Gasteiger partial charge in [-0.25, -0.2) is 0 Å². The summed E-state index contributed by atoms with van der Waals surface area (Å²) in [5, 5.41) is 8.48. The lowest BCUT2D eigenvalue weighted by atomic mass is 9.96. The minimum atomic E-state index is -0.000889. The van der Waals surface area contributed by atoms with E-state index in [9.17, 15) is 4.79 Å². The Morgan fingerprint density at radius 3 is 2.55 bits per heavy atom. The Hall–Kier alpha value is -2.54. The van der Waals surface area contributed by atoms with Crippen molar-refractivity contribution in [3.63, 3.8) is 0 Å². The van der Waals surface area contributed by atoms with E-state index in [1.807, 2.05) is 29.2 Å².